The highest BCUT2D eigenvalue weighted by Crippen LogP contribution is 2.20. The number of nitrogens with zero attached hydrogens (tertiary/aromatic N) is 2. The fourth-order valence-electron chi connectivity index (χ4n) is 3.04. The number of halogens is 1. The minimum Gasteiger partial charge on any atom is -0.356 e. The lowest BCUT2D eigenvalue weighted by molar-refractivity contribution is 0.258. The standard InChI is InChI=1S/C19H30N4S.HI/c1-4-11-24-12-10-21-19(20-3)22-18-13-16(2)23(15-18)14-17-8-6-5-7-9-17;/h4-9,16,18H,1,10-15H2,2-3H3,(H2,20,21,22);1H. The number of guanidine groups is 1. The molecule has 0 saturated carbocycles. The van der Waals surface area contributed by atoms with Gasteiger partial charge in [0, 0.05) is 50.3 Å². The predicted octanol–water partition coefficient (Wildman–Crippen LogP) is 3.35. The lowest BCUT2D eigenvalue weighted by Crippen LogP contribution is -2.45. The first kappa shape index (κ1) is 22.3. The van der Waals surface area contributed by atoms with Crippen LogP contribution in [-0.4, -0.2) is 54.6 Å². The Balaban J connectivity index is 0.00000312. The highest BCUT2D eigenvalue weighted by Gasteiger charge is 2.29. The molecule has 1 saturated heterocycles. The van der Waals surface area contributed by atoms with E-state index in [4.69, 9.17) is 0 Å². The van der Waals surface area contributed by atoms with Gasteiger partial charge in [-0.25, -0.2) is 0 Å². The summed E-state index contributed by atoms with van der Waals surface area (Å²) in [5, 5.41) is 6.97. The number of thioether (sulfide) groups is 1. The molecule has 2 atom stereocenters. The van der Waals surface area contributed by atoms with Gasteiger partial charge in [-0.1, -0.05) is 36.4 Å². The van der Waals surface area contributed by atoms with Crippen molar-refractivity contribution in [2.24, 2.45) is 4.99 Å². The number of nitrogens with one attached hydrogen (secondary N) is 2. The smallest absolute Gasteiger partial charge is 0.191 e. The molecule has 1 aromatic carbocycles. The molecule has 140 valence electrons. The molecule has 0 radical (unpaired) electrons. The first-order valence-electron chi connectivity index (χ1n) is 8.66. The zero-order chi connectivity index (χ0) is 17.2. The Hall–Kier alpha value is -0.730. The van der Waals surface area contributed by atoms with Crippen LogP contribution < -0.4 is 10.6 Å². The first-order valence-corrected chi connectivity index (χ1v) is 9.82. The van der Waals surface area contributed by atoms with Crippen LogP contribution in [0.5, 0.6) is 0 Å². The maximum absolute atomic E-state index is 4.35. The molecule has 2 unspecified atom stereocenters. The van der Waals surface area contributed by atoms with E-state index in [1.807, 2.05) is 24.9 Å². The molecular formula is C19H31IN4S. The Kier molecular flexibility index (Phi) is 11.2. The molecule has 4 nitrogen and oxygen atoms in total. The van der Waals surface area contributed by atoms with Crippen molar-refractivity contribution in [1.82, 2.24) is 15.5 Å². The Morgan fingerprint density at radius 1 is 1.40 bits per heavy atom. The van der Waals surface area contributed by atoms with E-state index < -0.39 is 0 Å². The second kappa shape index (κ2) is 12.6. The van der Waals surface area contributed by atoms with Crippen molar-refractivity contribution in [2.75, 3.05) is 31.6 Å². The third-order valence-corrected chi connectivity index (χ3v) is 5.24. The number of hydrogen-bond acceptors (Lipinski definition) is 3. The van der Waals surface area contributed by atoms with E-state index in [2.05, 4.69) is 64.4 Å². The molecule has 25 heavy (non-hydrogen) atoms. The predicted molar refractivity (Wildman–Crippen MR) is 122 cm³/mol. The van der Waals surface area contributed by atoms with Crippen LogP contribution in [0.3, 0.4) is 0 Å². The van der Waals surface area contributed by atoms with Gasteiger partial charge in [-0.2, -0.15) is 11.8 Å². The van der Waals surface area contributed by atoms with Gasteiger partial charge in [0.05, 0.1) is 0 Å². The molecule has 2 N–H and O–H groups in total. The second-order valence-corrected chi connectivity index (χ2v) is 7.35. The largest absolute Gasteiger partial charge is 0.356 e. The van der Waals surface area contributed by atoms with Crippen molar-refractivity contribution < 1.29 is 0 Å². The van der Waals surface area contributed by atoms with Gasteiger partial charge < -0.3 is 10.6 Å². The SMILES string of the molecule is C=CCSCCNC(=NC)NC1CC(C)N(Cc2ccccc2)C1.I. The summed E-state index contributed by atoms with van der Waals surface area (Å²) in [5.74, 6) is 2.98. The van der Waals surface area contributed by atoms with Crippen LogP contribution in [0, 0.1) is 0 Å². The molecule has 1 heterocycles. The van der Waals surface area contributed by atoms with Crippen LogP contribution in [0.4, 0.5) is 0 Å². The molecule has 1 aromatic rings. The van der Waals surface area contributed by atoms with E-state index in [0.29, 0.717) is 12.1 Å². The zero-order valence-electron chi connectivity index (χ0n) is 15.3. The van der Waals surface area contributed by atoms with Gasteiger partial charge in [-0.3, -0.25) is 9.89 Å². The fraction of sp³-hybridized carbons (Fsp3) is 0.526. The summed E-state index contributed by atoms with van der Waals surface area (Å²) >= 11 is 1.88. The van der Waals surface area contributed by atoms with Crippen LogP contribution in [0.1, 0.15) is 18.9 Å². The maximum Gasteiger partial charge on any atom is 0.191 e. The summed E-state index contributed by atoms with van der Waals surface area (Å²) in [6.45, 7) is 9.05. The minimum absolute atomic E-state index is 0. The second-order valence-electron chi connectivity index (χ2n) is 6.20. The molecular weight excluding hydrogens is 443 g/mol. The molecule has 1 aliphatic rings. The zero-order valence-corrected chi connectivity index (χ0v) is 18.4. The number of likely N-dealkylation sites (tertiary alicyclic amines) is 1. The van der Waals surface area contributed by atoms with Gasteiger partial charge in [0.1, 0.15) is 0 Å². The molecule has 6 heteroatoms. The first-order chi connectivity index (χ1) is 11.7. The van der Waals surface area contributed by atoms with E-state index in [9.17, 15) is 0 Å². The van der Waals surface area contributed by atoms with E-state index in [0.717, 1.165) is 43.5 Å². The van der Waals surface area contributed by atoms with Crippen molar-refractivity contribution in [3.8, 4) is 0 Å². The monoisotopic (exact) mass is 474 g/mol. The summed E-state index contributed by atoms with van der Waals surface area (Å²) in [6, 6.07) is 11.7. The highest BCUT2D eigenvalue weighted by molar-refractivity contribution is 14.0. The number of rotatable bonds is 8. The molecule has 0 aliphatic carbocycles. The van der Waals surface area contributed by atoms with Crippen molar-refractivity contribution in [1.29, 1.82) is 0 Å². The van der Waals surface area contributed by atoms with Crippen LogP contribution in [-0.2, 0) is 6.54 Å². The van der Waals surface area contributed by atoms with E-state index >= 15 is 0 Å². The van der Waals surface area contributed by atoms with E-state index in [1.54, 1.807) is 0 Å². The molecule has 2 rings (SSSR count). The van der Waals surface area contributed by atoms with Gasteiger partial charge in [0.25, 0.3) is 0 Å². The molecule has 1 aliphatic heterocycles. The highest BCUT2D eigenvalue weighted by atomic mass is 127. The Labute approximate surface area is 174 Å². The van der Waals surface area contributed by atoms with Gasteiger partial charge in [-0.05, 0) is 18.9 Å². The third kappa shape index (κ3) is 8.00. The minimum atomic E-state index is 0. The van der Waals surface area contributed by atoms with E-state index in [-0.39, 0.29) is 24.0 Å². The average Bonchev–Trinajstić information content (AvgIpc) is 2.94. The lowest BCUT2D eigenvalue weighted by atomic mass is 10.2. The van der Waals surface area contributed by atoms with Crippen molar-refractivity contribution >= 4 is 41.7 Å². The number of hydrogen-bond donors (Lipinski definition) is 2. The average molecular weight is 474 g/mol. The van der Waals surface area contributed by atoms with Crippen LogP contribution >= 0.6 is 35.7 Å². The molecule has 0 aromatic heterocycles. The van der Waals surface area contributed by atoms with Gasteiger partial charge >= 0.3 is 0 Å². The van der Waals surface area contributed by atoms with Gasteiger partial charge in [0.2, 0.25) is 0 Å². The number of benzene rings is 1. The third-order valence-electron chi connectivity index (χ3n) is 4.27. The summed E-state index contributed by atoms with van der Waals surface area (Å²) in [7, 11) is 1.84. The van der Waals surface area contributed by atoms with Crippen LogP contribution in [0.2, 0.25) is 0 Å². The lowest BCUT2D eigenvalue weighted by Gasteiger charge is -2.21. The van der Waals surface area contributed by atoms with Crippen molar-refractivity contribution in [2.45, 2.75) is 32.0 Å². The van der Waals surface area contributed by atoms with Crippen molar-refractivity contribution in [3.05, 3.63) is 48.6 Å². The summed E-state index contributed by atoms with van der Waals surface area (Å²) in [6.07, 6.45) is 3.09. The topological polar surface area (TPSA) is 39.7 Å². The molecule has 0 amide bonds. The quantitative estimate of drug-likeness (QED) is 0.199. The Morgan fingerprint density at radius 2 is 2.16 bits per heavy atom. The Bertz CT molecular complexity index is 523. The van der Waals surface area contributed by atoms with E-state index in [1.165, 1.54) is 5.56 Å². The molecule has 0 bridgehead atoms. The Morgan fingerprint density at radius 3 is 2.84 bits per heavy atom. The van der Waals surface area contributed by atoms with Gasteiger partial charge in [-0.15, -0.1) is 30.6 Å². The summed E-state index contributed by atoms with van der Waals surface area (Å²) in [4.78, 5) is 6.89. The fourth-order valence-corrected chi connectivity index (χ4v) is 3.62. The number of aliphatic imine (C=N–C) groups is 1. The summed E-state index contributed by atoms with van der Waals surface area (Å²) < 4.78 is 0. The van der Waals surface area contributed by atoms with Crippen LogP contribution in [0.25, 0.3) is 0 Å². The maximum atomic E-state index is 4.35. The van der Waals surface area contributed by atoms with Gasteiger partial charge in [0.15, 0.2) is 5.96 Å². The summed E-state index contributed by atoms with van der Waals surface area (Å²) in [5.41, 5.74) is 1.38. The molecule has 1 fully saturated rings. The molecule has 0 spiro atoms. The van der Waals surface area contributed by atoms with Crippen molar-refractivity contribution in [3.63, 3.8) is 0 Å². The van der Waals surface area contributed by atoms with Crippen LogP contribution in [0.15, 0.2) is 48.0 Å². The normalized spacial score (nSPS) is 20.8.